The minimum absolute atomic E-state index is 0.442. The summed E-state index contributed by atoms with van der Waals surface area (Å²) < 4.78 is 11.3. The Labute approximate surface area is 125 Å². The molecule has 0 spiro atoms. The summed E-state index contributed by atoms with van der Waals surface area (Å²) in [6, 6.07) is 5.78. The van der Waals surface area contributed by atoms with E-state index >= 15 is 0 Å². The molecule has 0 saturated heterocycles. The number of aryl methyl sites for hydroxylation is 1. The molecule has 1 aromatic carbocycles. The molecule has 1 heterocycles. The second-order valence-corrected chi connectivity index (χ2v) is 5.09. The van der Waals surface area contributed by atoms with Crippen molar-refractivity contribution in [2.45, 2.75) is 46.1 Å². The molecule has 2 aromatic rings. The molecule has 2 N–H and O–H groups in total. The highest BCUT2D eigenvalue weighted by Crippen LogP contribution is 2.34. The van der Waals surface area contributed by atoms with E-state index in [2.05, 4.69) is 24.0 Å². The maximum Gasteiger partial charge on any atom is 0.260 e. The third-order valence-electron chi connectivity index (χ3n) is 3.95. The Morgan fingerprint density at radius 2 is 1.95 bits per heavy atom. The van der Waals surface area contributed by atoms with Crippen molar-refractivity contribution >= 4 is 5.69 Å². The molecule has 0 radical (unpaired) electrons. The van der Waals surface area contributed by atoms with Gasteiger partial charge in [0.2, 0.25) is 5.82 Å². The van der Waals surface area contributed by atoms with Crippen LogP contribution in [0.2, 0.25) is 0 Å². The second kappa shape index (κ2) is 6.26. The minimum Gasteiger partial charge on any atom is -0.398 e. The average molecular weight is 289 g/mol. The Morgan fingerprint density at radius 3 is 2.57 bits per heavy atom. The molecule has 0 saturated carbocycles. The van der Waals surface area contributed by atoms with Crippen LogP contribution in [-0.4, -0.2) is 16.7 Å². The highest BCUT2D eigenvalue weighted by Gasteiger charge is 2.34. The molecule has 0 fully saturated rings. The van der Waals surface area contributed by atoms with Crippen molar-refractivity contribution in [2.24, 2.45) is 0 Å². The number of anilines is 1. The van der Waals surface area contributed by atoms with Gasteiger partial charge in [-0.15, -0.1) is 0 Å². The zero-order valence-electron chi connectivity index (χ0n) is 13.1. The van der Waals surface area contributed by atoms with Gasteiger partial charge in [-0.05, 0) is 38.3 Å². The van der Waals surface area contributed by atoms with Crippen molar-refractivity contribution in [1.82, 2.24) is 10.1 Å². The van der Waals surface area contributed by atoms with Crippen molar-refractivity contribution in [2.75, 3.05) is 12.3 Å². The SMILES string of the molecule is CCOC(CC)(CC)c1noc(-c2cccc(C)c2N)n1. The highest BCUT2D eigenvalue weighted by atomic mass is 16.5. The molecule has 0 atom stereocenters. The van der Waals surface area contributed by atoms with Crippen LogP contribution in [0.1, 0.15) is 45.0 Å². The first-order chi connectivity index (χ1) is 10.1. The predicted molar refractivity (Wildman–Crippen MR) is 82.8 cm³/mol. The van der Waals surface area contributed by atoms with E-state index in [1.165, 1.54) is 0 Å². The molecule has 5 nitrogen and oxygen atoms in total. The molecule has 0 amide bonds. The third kappa shape index (κ3) is 2.78. The average Bonchev–Trinajstić information content (AvgIpc) is 2.98. The molecule has 0 bridgehead atoms. The Morgan fingerprint density at radius 1 is 1.24 bits per heavy atom. The van der Waals surface area contributed by atoms with Crippen molar-refractivity contribution in [3.05, 3.63) is 29.6 Å². The lowest BCUT2D eigenvalue weighted by atomic mass is 9.96. The molecular weight excluding hydrogens is 266 g/mol. The Bertz CT molecular complexity index is 603. The van der Waals surface area contributed by atoms with E-state index in [1.807, 2.05) is 32.0 Å². The maximum absolute atomic E-state index is 6.10. The van der Waals surface area contributed by atoms with Gasteiger partial charge in [0.05, 0.1) is 5.56 Å². The summed E-state index contributed by atoms with van der Waals surface area (Å²) in [7, 11) is 0. The summed E-state index contributed by atoms with van der Waals surface area (Å²) in [6.07, 6.45) is 1.58. The highest BCUT2D eigenvalue weighted by molar-refractivity contribution is 5.73. The number of rotatable bonds is 6. The Kier molecular flexibility index (Phi) is 4.63. The zero-order valence-corrected chi connectivity index (χ0v) is 13.1. The van der Waals surface area contributed by atoms with E-state index in [0.29, 0.717) is 24.0 Å². The molecule has 0 aliphatic carbocycles. The van der Waals surface area contributed by atoms with Gasteiger partial charge in [0.15, 0.2) is 0 Å². The standard InChI is InChI=1S/C16H23N3O2/c1-5-16(6-2,20-7-3)15-18-14(21-19-15)12-10-8-9-11(4)13(12)17/h8-10H,5-7,17H2,1-4H3. The summed E-state index contributed by atoms with van der Waals surface area (Å²) in [5.74, 6) is 1.03. The number of aromatic nitrogens is 2. The van der Waals surface area contributed by atoms with E-state index < -0.39 is 5.60 Å². The van der Waals surface area contributed by atoms with Crippen molar-refractivity contribution < 1.29 is 9.26 Å². The van der Waals surface area contributed by atoms with Crippen LogP contribution in [-0.2, 0) is 10.3 Å². The number of ether oxygens (including phenoxy) is 1. The first-order valence-corrected chi connectivity index (χ1v) is 7.41. The fourth-order valence-corrected chi connectivity index (χ4v) is 2.50. The second-order valence-electron chi connectivity index (χ2n) is 5.09. The topological polar surface area (TPSA) is 74.2 Å². The number of hydrogen-bond donors (Lipinski definition) is 1. The number of nitrogen functional groups attached to an aromatic ring is 1. The number of nitrogens with zero attached hydrogens (tertiary/aromatic N) is 2. The fourth-order valence-electron chi connectivity index (χ4n) is 2.50. The van der Waals surface area contributed by atoms with Crippen LogP contribution in [0.4, 0.5) is 5.69 Å². The summed E-state index contributed by atoms with van der Waals surface area (Å²) in [5, 5.41) is 4.13. The number of hydrogen-bond acceptors (Lipinski definition) is 5. The smallest absolute Gasteiger partial charge is 0.260 e. The van der Waals surface area contributed by atoms with Crippen LogP contribution in [0.3, 0.4) is 0 Å². The van der Waals surface area contributed by atoms with Gasteiger partial charge < -0.3 is 15.0 Å². The van der Waals surface area contributed by atoms with Gasteiger partial charge in [0, 0.05) is 12.3 Å². The van der Waals surface area contributed by atoms with Gasteiger partial charge in [-0.25, -0.2) is 0 Å². The first-order valence-electron chi connectivity index (χ1n) is 7.41. The maximum atomic E-state index is 6.10. The van der Waals surface area contributed by atoms with Gasteiger partial charge in [-0.1, -0.05) is 31.1 Å². The van der Waals surface area contributed by atoms with E-state index in [0.717, 1.165) is 24.0 Å². The molecule has 2 rings (SSSR count). The van der Waals surface area contributed by atoms with E-state index in [-0.39, 0.29) is 0 Å². The van der Waals surface area contributed by atoms with E-state index in [1.54, 1.807) is 0 Å². The van der Waals surface area contributed by atoms with Gasteiger partial charge in [0.1, 0.15) is 5.60 Å². The lowest BCUT2D eigenvalue weighted by Crippen LogP contribution is -2.29. The van der Waals surface area contributed by atoms with Gasteiger partial charge in [-0.3, -0.25) is 0 Å². The van der Waals surface area contributed by atoms with E-state index in [9.17, 15) is 0 Å². The number of para-hydroxylation sites is 1. The van der Waals surface area contributed by atoms with Crippen LogP contribution >= 0.6 is 0 Å². The molecule has 0 aliphatic heterocycles. The Balaban J connectivity index is 2.43. The van der Waals surface area contributed by atoms with Crippen LogP contribution in [0, 0.1) is 6.92 Å². The minimum atomic E-state index is -0.491. The molecule has 0 unspecified atom stereocenters. The zero-order chi connectivity index (χ0) is 15.5. The van der Waals surface area contributed by atoms with E-state index in [4.69, 9.17) is 15.0 Å². The lowest BCUT2D eigenvalue weighted by molar-refractivity contribution is -0.0583. The van der Waals surface area contributed by atoms with Crippen molar-refractivity contribution in [3.8, 4) is 11.5 Å². The predicted octanol–water partition coefficient (Wildman–Crippen LogP) is 3.68. The van der Waals surface area contributed by atoms with Crippen LogP contribution in [0.25, 0.3) is 11.5 Å². The number of benzene rings is 1. The fraction of sp³-hybridized carbons (Fsp3) is 0.500. The lowest BCUT2D eigenvalue weighted by Gasteiger charge is -2.27. The van der Waals surface area contributed by atoms with Crippen molar-refractivity contribution in [3.63, 3.8) is 0 Å². The molecule has 114 valence electrons. The van der Waals surface area contributed by atoms with Crippen LogP contribution in [0.15, 0.2) is 22.7 Å². The Hall–Kier alpha value is -1.88. The van der Waals surface area contributed by atoms with Crippen LogP contribution in [0.5, 0.6) is 0 Å². The van der Waals surface area contributed by atoms with Gasteiger partial charge >= 0.3 is 0 Å². The van der Waals surface area contributed by atoms with Crippen LogP contribution < -0.4 is 5.73 Å². The summed E-state index contributed by atoms with van der Waals surface area (Å²) in [4.78, 5) is 4.53. The molecule has 0 aliphatic rings. The molecular formula is C16H23N3O2. The first kappa shape index (κ1) is 15.5. The summed E-state index contributed by atoms with van der Waals surface area (Å²) in [5.41, 5.74) is 8.04. The van der Waals surface area contributed by atoms with Gasteiger partial charge in [-0.2, -0.15) is 4.98 Å². The third-order valence-corrected chi connectivity index (χ3v) is 3.95. The van der Waals surface area contributed by atoms with Crippen molar-refractivity contribution in [1.29, 1.82) is 0 Å². The quantitative estimate of drug-likeness (QED) is 0.821. The normalized spacial score (nSPS) is 11.8. The molecule has 21 heavy (non-hydrogen) atoms. The largest absolute Gasteiger partial charge is 0.398 e. The summed E-state index contributed by atoms with van der Waals surface area (Å²) >= 11 is 0. The monoisotopic (exact) mass is 289 g/mol. The van der Waals surface area contributed by atoms with Gasteiger partial charge in [0.25, 0.3) is 5.89 Å². The number of nitrogens with two attached hydrogens (primary N) is 1. The summed E-state index contributed by atoms with van der Waals surface area (Å²) in [6.45, 7) is 8.67. The molecule has 5 heteroatoms. The molecule has 1 aromatic heterocycles.